The third-order valence-electron chi connectivity index (χ3n) is 2.24. The van der Waals surface area contributed by atoms with Crippen molar-refractivity contribution in [3.63, 3.8) is 0 Å². The molecule has 0 atom stereocenters. The number of benzene rings is 2. The zero-order valence-corrected chi connectivity index (χ0v) is 9.42. The van der Waals surface area contributed by atoms with E-state index in [0.29, 0.717) is 11.3 Å². The lowest BCUT2D eigenvalue weighted by Crippen LogP contribution is -2.08. The van der Waals surface area contributed by atoms with Gasteiger partial charge in [-0.05, 0) is 31.2 Å². The van der Waals surface area contributed by atoms with Crippen LogP contribution >= 0.6 is 0 Å². The number of hydrogen-bond acceptors (Lipinski definition) is 3. The fourth-order valence-corrected chi connectivity index (χ4v) is 1.30. The van der Waals surface area contributed by atoms with Crippen LogP contribution in [0.1, 0.15) is 15.9 Å². The van der Waals surface area contributed by atoms with E-state index in [0.717, 1.165) is 5.56 Å². The SMILES string of the molecule is Cc1ccc(C(=O)OOc2ccccc2)cc1. The Hall–Kier alpha value is -2.29. The first-order valence-corrected chi connectivity index (χ1v) is 5.26. The Kier molecular flexibility index (Phi) is 3.40. The molecule has 0 aliphatic carbocycles. The Morgan fingerprint density at radius 3 is 2.24 bits per heavy atom. The second-order valence-corrected chi connectivity index (χ2v) is 3.63. The first-order valence-electron chi connectivity index (χ1n) is 5.26. The average Bonchev–Trinajstić information content (AvgIpc) is 2.38. The molecule has 0 bridgehead atoms. The summed E-state index contributed by atoms with van der Waals surface area (Å²) in [7, 11) is 0. The lowest BCUT2D eigenvalue weighted by molar-refractivity contribution is -0.149. The monoisotopic (exact) mass is 228 g/mol. The first-order chi connectivity index (χ1) is 8.25. The fraction of sp³-hybridized carbons (Fsp3) is 0.0714. The molecule has 0 amide bonds. The Bertz CT molecular complexity index is 489. The highest BCUT2D eigenvalue weighted by Gasteiger charge is 2.08. The molecule has 0 saturated carbocycles. The molecule has 0 saturated heterocycles. The van der Waals surface area contributed by atoms with Crippen LogP contribution in [-0.2, 0) is 4.89 Å². The van der Waals surface area contributed by atoms with Crippen LogP contribution in [0.2, 0.25) is 0 Å². The van der Waals surface area contributed by atoms with Crippen molar-refractivity contribution in [2.45, 2.75) is 6.92 Å². The molecule has 3 nitrogen and oxygen atoms in total. The van der Waals surface area contributed by atoms with Gasteiger partial charge in [-0.25, -0.2) is 9.68 Å². The van der Waals surface area contributed by atoms with Crippen molar-refractivity contribution in [3.8, 4) is 5.75 Å². The van der Waals surface area contributed by atoms with Crippen LogP contribution in [-0.4, -0.2) is 5.97 Å². The van der Waals surface area contributed by atoms with Crippen LogP contribution in [0.5, 0.6) is 5.75 Å². The van der Waals surface area contributed by atoms with E-state index >= 15 is 0 Å². The van der Waals surface area contributed by atoms with E-state index in [1.807, 2.05) is 25.1 Å². The summed E-state index contributed by atoms with van der Waals surface area (Å²) in [6, 6.07) is 16.0. The zero-order valence-electron chi connectivity index (χ0n) is 9.42. The molecule has 0 aliphatic heterocycles. The number of aryl methyl sites for hydroxylation is 1. The van der Waals surface area contributed by atoms with Crippen LogP contribution < -0.4 is 4.89 Å². The summed E-state index contributed by atoms with van der Waals surface area (Å²) in [6.07, 6.45) is 0. The van der Waals surface area contributed by atoms with Crippen LogP contribution in [0.3, 0.4) is 0 Å². The second-order valence-electron chi connectivity index (χ2n) is 3.63. The van der Waals surface area contributed by atoms with Gasteiger partial charge in [0.1, 0.15) is 0 Å². The van der Waals surface area contributed by atoms with Crippen LogP contribution in [0, 0.1) is 6.92 Å². The average molecular weight is 228 g/mol. The largest absolute Gasteiger partial charge is 0.386 e. The Morgan fingerprint density at radius 2 is 1.59 bits per heavy atom. The van der Waals surface area contributed by atoms with Gasteiger partial charge in [-0.1, -0.05) is 35.9 Å². The predicted molar refractivity (Wildman–Crippen MR) is 63.7 cm³/mol. The number of carbonyl (C=O) groups excluding carboxylic acids is 1. The van der Waals surface area contributed by atoms with E-state index in [1.165, 1.54) is 0 Å². The zero-order chi connectivity index (χ0) is 12.1. The van der Waals surface area contributed by atoms with Gasteiger partial charge < -0.3 is 0 Å². The smallest absolute Gasteiger partial charge is 0.287 e. The summed E-state index contributed by atoms with van der Waals surface area (Å²) < 4.78 is 0. The Balaban J connectivity index is 1.96. The third kappa shape index (κ3) is 3.08. The predicted octanol–water partition coefficient (Wildman–Crippen LogP) is 3.15. The van der Waals surface area contributed by atoms with E-state index in [2.05, 4.69) is 0 Å². The molecule has 2 rings (SSSR count). The van der Waals surface area contributed by atoms with Gasteiger partial charge in [0.25, 0.3) is 0 Å². The van der Waals surface area contributed by atoms with Crippen LogP contribution in [0.15, 0.2) is 54.6 Å². The third-order valence-corrected chi connectivity index (χ3v) is 2.24. The lowest BCUT2D eigenvalue weighted by Gasteiger charge is -2.04. The minimum absolute atomic E-state index is 0.464. The van der Waals surface area contributed by atoms with Gasteiger partial charge in [-0.3, -0.25) is 4.89 Å². The van der Waals surface area contributed by atoms with Crippen molar-refractivity contribution in [2.75, 3.05) is 0 Å². The van der Waals surface area contributed by atoms with Crippen LogP contribution in [0.4, 0.5) is 0 Å². The number of hydrogen-bond donors (Lipinski definition) is 0. The van der Waals surface area contributed by atoms with Crippen molar-refractivity contribution >= 4 is 5.97 Å². The first kappa shape index (κ1) is 11.2. The van der Waals surface area contributed by atoms with Crippen molar-refractivity contribution < 1.29 is 14.6 Å². The van der Waals surface area contributed by atoms with E-state index in [-0.39, 0.29) is 0 Å². The highest BCUT2D eigenvalue weighted by molar-refractivity contribution is 5.89. The maximum Gasteiger partial charge on any atom is 0.386 e. The number of carbonyl (C=O) groups is 1. The molecule has 0 unspecified atom stereocenters. The highest BCUT2D eigenvalue weighted by atomic mass is 17.2. The van der Waals surface area contributed by atoms with E-state index in [1.54, 1.807) is 36.4 Å². The molecule has 0 aliphatic rings. The molecule has 0 heterocycles. The van der Waals surface area contributed by atoms with Crippen molar-refractivity contribution in [3.05, 3.63) is 65.7 Å². The van der Waals surface area contributed by atoms with Gasteiger partial charge in [0.05, 0.1) is 5.56 Å². The molecule has 2 aromatic rings. The quantitative estimate of drug-likeness (QED) is 0.598. The minimum Gasteiger partial charge on any atom is -0.287 e. The number of rotatable bonds is 3. The summed E-state index contributed by atoms with van der Waals surface area (Å²) in [5.41, 5.74) is 1.55. The lowest BCUT2D eigenvalue weighted by atomic mass is 10.2. The summed E-state index contributed by atoms with van der Waals surface area (Å²) in [5.74, 6) is -0.0122. The molecule has 2 aromatic carbocycles. The molecule has 0 fully saturated rings. The maximum atomic E-state index is 11.6. The van der Waals surface area contributed by atoms with E-state index in [4.69, 9.17) is 9.78 Å². The molecule has 17 heavy (non-hydrogen) atoms. The van der Waals surface area contributed by atoms with Gasteiger partial charge in [0.2, 0.25) is 0 Å². The molecular formula is C14H12O3. The summed E-state index contributed by atoms with van der Waals surface area (Å²) in [4.78, 5) is 21.2. The summed E-state index contributed by atoms with van der Waals surface area (Å²) in [5, 5.41) is 0. The normalized spacial score (nSPS) is 9.71. The standard InChI is InChI=1S/C14H12O3/c1-11-7-9-12(10-8-11)14(15)17-16-13-5-3-2-4-6-13/h2-10H,1H3. The van der Waals surface area contributed by atoms with Crippen molar-refractivity contribution in [1.29, 1.82) is 0 Å². The van der Waals surface area contributed by atoms with Crippen LogP contribution in [0.25, 0.3) is 0 Å². The van der Waals surface area contributed by atoms with Gasteiger partial charge in [0.15, 0.2) is 5.75 Å². The summed E-state index contributed by atoms with van der Waals surface area (Å²) >= 11 is 0. The molecule has 0 aromatic heterocycles. The van der Waals surface area contributed by atoms with Gasteiger partial charge in [-0.15, -0.1) is 0 Å². The molecule has 86 valence electrons. The van der Waals surface area contributed by atoms with Gasteiger partial charge >= 0.3 is 5.97 Å². The van der Waals surface area contributed by atoms with E-state index in [9.17, 15) is 4.79 Å². The molecule has 0 spiro atoms. The molecule has 0 radical (unpaired) electrons. The molecule has 0 N–H and O–H groups in total. The topological polar surface area (TPSA) is 35.5 Å². The molecule has 3 heteroatoms. The molecular weight excluding hydrogens is 216 g/mol. The second kappa shape index (κ2) is 5.16. The Labute approximate surface area is 99.5 Å². The minimum atomic E-state index is -0.506. The highest BCUT2D eigenvalue weighted by Crippen LogP contribution is 2.10. The van der Waals surface area contributed by atoms with E-state index < -0.39 is 5.97 Å². The van der Waals surface area contributed by atoms with Gasteiger partial charge in [0, 0.05) is 0 Å². The fourth-order valence-electron chi connectivity index (χ4n) is 1.30. The van der Waals surface area contributed by atoms with Crippen molar-refractivity contribution in [2.24, 2.45) is 0 Å². The van der Waals surface area contributed by atoms with Gasteiger partial charge in [-0.2, -0.15) is 0 Å². The number of para-hydroxylation sites is 1. The summed E-state index contributed by atoms with van der Waals surface area (Å²) in [6.45, 7) is 1.95. The Morgan fingerprint density at radius 1 is 0.941 bits per heavy atom. The maximum absolute atomic E-state index is 11.6. The van der Waals surface area contributed by atoms with Crippen molar-refractivity contribution in [1.82, 2.24) is 0 Å².